The molecule has 0 radical (unpaired) electrons. The fraction of sp³-hybridized carbons (Fsp3) is 0.238. The maximum absolute atomic E-state index is 14.7. The number of rotatable bonds is 4. The molecule has 1 atom stereocenters. The van der Waals surface area contributed by atoms with Gasteiger partial charge in [-0.05, 0) is 24.6 Å². The van der Waals surface area contributed by atoms with Gasteiger partial charge in [-0.25, -0.2) is 24.1 Å². The van der Waals surface area contributed by atoms with Crippen molar-refractivity contribution in [2.24, 2.45) is 5.73 Å². The number of carbonyl (C=O) groups is 1. The molecule has 8 nitrogen and oxygen atoms in total. The molecule has 1 aliphatic rings. The Hall–Kier alpha value is -3.53. The van der Waals surface area contributed by atoms with Gasteiger partial charge in [0.1, 0.15) is 17.7 Å². The highest BCUT2D eigenvalue weighted by atomic mass is 32.1. The third-order valence-electron chi connectivity index (χ3n) is 5.02. The molecule has 0 bridgehead atoms. The zero-order valence-corrected chi connectivity index (χ0v) is 17.5. The minimum atomic E-state index is -0.894. The molecule has 0 saturated heterocycles. The van der Waals surface area contributed by atoms with Gasteiger partial charge >= 0.3 is 6.09 Å². The summed E-state index contributed by atoms with van der Waals surface area (Å²) in [5.74, 6) is 0.0913. The monoisotopic (exact) mass is 440 g/mol. The second kappa shape index (κ2) is 7.31. The van der Waals surface area contributed by atoms with Crippen molar-refractivity contribution in [3.8, 4) is 22.2 Å². The fourth-order valence-corrected chi connectivity index (χ4v) is 4.83. The number of amides is 1. The molecule has 2 aromatic carbocycles. The minimum absolute atomic E-state index is 0.0451. The first-order chi connectivity index (χ1) is 14.9. The molecular formula is C21H17FN4O4S. The molecule has 0 saturated carbocycles. The second-order valence-electron chi connectivity index (χ2n) is 7.20. The van der Waals surface area contributed by atoms with Crippen LogP contribution in [0.2, 0.25) is 0 Å². The van der Waals surface area contributed by atoms with E-state index >= 15 is 0 Å². The van der Waals surface area contributed by atoms with Crippen molar-refractivity contribution >= 4 is 38.7 Å². The number of methoxy groups -OCH3 is 1. The lowest BCUT2D eigenvalue weighted by atomic mass is 10.1. The van der Waals surface area contributed by atoms with Crippen LogP contribution in [0.15, 0.2) is 24.4 Å². The number of fused-ring (bicyclic) bond motifs is 4. The van der Waals surface area contributed by atoms with Gasteiger partial charge in [-0.2, -0.15) is 0 Å². The van der Waals surface area contributed by atoms with E-state index in [-0.39, 0.29) is 12.4 Å². The quantitative estimate of drug-likeness (QED) is 0.514. The Morgan fingerprint density at radius 2 is 2.16 bits per heavy atom. The maximum atomic E-state index is 14.7. The lowest BCUT2D eigenvalue weighted by Gasteiger charge is -2.09. The number of benzene rings is 2. The van der Waals surface area contributed by atoms with E-state index in [9.17, 15) is 9.18 Å². The first-order valence-electron chi connectivity index (χ1n) is 9.45. The summed E-state index contributed by atoms with van der Waals surface area (Å²) >= 11 is 1.44. The van der Waals surface area contributed by atoms with E-state index in [4.69, 9.17) is 19.9 Å². The normalized spacial score (nSPS) is 15.1. The Labute approximate surface area is 179 Å². The number of hydrogen-bond donors (Lipinski definition) is 1. The summed E-state index contributed by atoms with van der Waals surface area (Å²) in [4.78, 5) is 24.5. The van der Waals surface area contributed by atoms with Crippen LogP contribution in [-0.2, 0) is 11.2 Å². The Kier molecular flexibility index (Phi) is 4.58. The van der Waals surface area contributed by atoms with E-state index < -0.39 is 18.0 Å². The molecule has 0 unspecified atom stereocenters. The average molecular weight is 440 g/mol. The predicted octanol–water partition coefficient (Wildman–Crippen LogP) is 3.76. The zero-order valence-electron chi connectivity index (χ0n) is 16.6. The standard InChI is InChI=1S/C21H17FN4O4S/c1-9-3-11(17-14(4-9)25-16(28-2)7-24-17)20-26-15-6-13(22)18-12(19(15)31-20)5-10(30-18)8-29-21(23)27/h3-4,6-7,10H,5,8H2,1-2H3,(H2,23,27)/t10-/m1/s1. The number of thiazole rings is 1. The van der Waals surface area contributed by atoms with Crippen LogP contribution in [0.3, 0.4) is 0 Å². The largest absolute Gasteiger partial charge is 0.483 e. The second-order valence-corrected chi connectivity index (χ2v) is 8.20. The number of nitrogens with zero attached hydrogens (tertiary/aromatic N) is 3. The molecule has 1 aliphatic heterocycles. The molecule has 5 rings (SSSR count). The third kappa shape index (κ3) is 3.38. The molecule has 158 valence electrons. The molecule has 3 heterocycles. The highest BCUT2D eigenvalue weighted by Crippen LogP contribution is 2.43. The van der Waals surface area contributed by atoms with Gasteiger partial charge in [0.05, 0.1) is 34.6 Å². The maximum Gasteiger partial charge on any atom is 0.404 e. The van der Waals surface area contributed by atoms with E-state index in [1.165, 1.54) is 17.4 Å². The van der Waals surface area contributed by atoms with Crippen molar-refractivity contribution in [1.29, 1.82) is 0 Å². The summed E-state index contributed by atoms with van der Waals surface area (Å²) in [6.45, 7) is 1.92. The van der Waals surface area contributed by atoms with Gasteiger partial charge in [0.2, 0.25) is 5.88 Å². The summed E-state index contributed by atoms with van der Waals surface area (Å²) < 4.78 is 31.2. The van der Waals surface area contributed by atoms with E-state index in [0.29, 0.717) is 39.4 Å². The number of carbonyl (C=O) groups excluding carboxylic acids is 1. The SMILES string of the molecule is COc1cnc2c(-c3nc4cc(F)c5c(c4s3)C[C@H](COC(N)=O)O5)cc(C)cc2n1. The van der Waals surface area contributed by atoms with E-state index in [1.807, 2.05) is 19.1 Å². The number of hydrogen-bond acceptors (Lipinski definition) is 8. The summed E-state index contributed by atoms with van der Waals surface area (Å²) in [6.07, 6.45) is 0.563. The van der Waals surface area contributed by atoms with Crippen LogP contribution < -0.4 is 15.2 Å². The number of aromatic nitrogens is 3. The molecule has 31 heavy (non-hydrogen) atoms. The molecule has 0 spiro atoms. The summed E-state index contributed by atoms with van der Waals surface area (Å²) in [7, 11) is 1.54. The van der Waals surface area contributed by atoms with Crippen molar-refractivity contribution in [2.75, 3.05) is 13.7 Å². The molecule has 0 aliphatic carbocycles. The first-order valence-corrected chi connectivity index (χ1v) is 10.3. The van der Waals surface area contributed by atoms with Crippen LogP contribution in [0.5, 0.6) is 11.6 Å². The molecular weight excluding hydrogens is 423 g/mol. The number of ether oxygens (including phenoxy) is 3. The van der Waals surface area contributed by atoms with Crippen molar-refractivity contribution < 1.29 is 23.4 Å². The average Bonchev–Trinajstić information content (AvgIpc) is 3.35. The Balaban J connectivity index is 1.61. The lowest BCUT2D eigenvalue weighted by Crippen LogP contribution is -2.25. The van der Waals surface area contributed by atoms with Gasteiger partial charge < -0.3 is 19.9 Å². The van der Waals surface area contributed by atoms with Gasteiger partial charge in [-0.1, -0.05) is 0 Å². The van der Waals surface area contributed by atoms with Crippen LogP contribution in [-0.4, -0.2) is 40.9 Å². The van der Waals surface area contributed by atoms with Crippen LogP contribution in [0, 0.1) is 12.7 Å². The van der Waals surface area contributed by atoms with Crippen LogP contribution in [0.1, 0.15) is 11.1 Å². The highest BCUT2D eigenvalue weighted by molar-refractivity contribution is 7.22. The number of nitrogens with two attached hydrogens (primary N) is 1. The van der Waals surface area contributed by atoms with Gasteiger partial charge in [-0.15, -0.1) is 11.3 Å². The number of primary amides is 1. The molecule has 2 N–H and O–H groups in total. The van der Waals surface area contributed by atoms with Crippen LogP contribution in [0.25, 0.3) is 31.8 Å². The number of halogens is 1. The van der Waals surface area contributed by atoms with Crippen LogP contribution >= 0.6 is 11.3 Å². The molecule has 1 amide bonds. The first kappa shape index (κ1) is 19.4. The molecule has 4 aromatic rings. The van der Waals surface area contributed by atoms with E-state index in [1.54, 1.807) is 13.3 Å². The fourth-order valence-electron chi connectivity index (χ4n) is 3.72. The Morgan fingerprint density at radius 3 is 2.94 bits per heavy atom. The lowest BCUT2D eigenvalue weighted by molar-refractivity contribution is 0.0972. The Morgan fingerprint density at radius 1 is 1.32 bits per heavy atom. The van der Waals surface area contributed by atoms with Crippen LogP contribution in [0.4, 0.5) is 9.18 Å². The number of aryl methyl sites for hydroxylation is 1. The molecule has 2 aromatic heterocycles. The van der Waals surface area contributed by atoms with Gasteiger partial charge in [0.15, 0.2) is 11.6 Å². The zero-order chi connectivity index (χ0) is 21.7. The van der Waals surface area contributed by atoms with Crippen molar-refractivity contribution in [2.45, 2.75) is 19.4 Å². The van der Waals surface area contributed by atoms with E-state index in [2.05, 4.69) is 15.0 Å². The minimum Gasteiger partial charge on any atom is -0.483 e. The summed E-state index contributed by atoms with van der Waals surface area (Å²) in [5.41, 5.74) is 9.45. The summed E-state index contributed by atoms with van der Waals surface area (Å²) in [5, 5.41) is 0.702. The van der Waals surface area contributed by atoms with E-state index in [0.717, 1.165) is 15.8 Å². The summed E-state index contributed by atoms with van der Waals surface area (Å²) in [6, 6.07) is 5.27. The van der Waals surface area contributed by atoms with Gasteiger partial charge in [-0.3, -0.25) is 0 Å². The topological polar surface area (TPSA) is 109 Å². The third-order valence-corrected chi connectivity index (χ3v) is 6.18. The van der Waals surface area contributed by atoms with Crippen molar-refractivity contribution in [3.05, 3.63) is 41.3 Å². The van der Waals surface area contributed by atoms with Crippen molar-refractivity contribution in [3.63, 3.8) is 0 Å². The molecule has 0 fully saturated rings. The highest BCUT2D eigenvalue weighted by Gasteiger charge is 2.30. The Bertz CT molecular complexity index is 1360. The van der Waals surface area contributed by atoms with Gasteiger partial charge in [0.25, 0.3) is 0 Å². The van der Waals surface area contributed by atoms with Gasteiger partial charge in [0, 0.05) is 23.6 Å². The van der Waals surface area contributed by atoms with Crippen molar-refractivity contribution in [1.82, 2.24) is 15.0 Å². The molecule has 10 heteroatoms. The smallest absolute Gasteiger partial charge is 0.404 e. The predicted molar refractivity (Wildman–Crippen MR) is 113 cm³/mol.